The average molecular weight is 355 g/mol. The van der Waals surface area contributed by atoms with Gasteiger partial charge in [-0.2, -0.15) is 0 Å². The molecule has 3 rings (SSSR count). The summed E-state index contributed by atoms with van der Waals surface area (Å²) >= 11 is 1.71. The Morgan fingerprint density at radius 3 is 2.76 bits per heavy atom. The van der Waals surface area contributed by atoms with E-state index in [1.807, 2.05) is 54.3 Å². The van der Waals surface area contributed by atoms with Gasteiger partial charge in [-0.3, -0.25) is 4.79 Å². The Hall–Kier alpha value is -2.53. The van der Waals surface area contributed by atoms with E-state index in [9.17, 15) is 4.79 Å². The van der Waals surface area contributed by atoms with Crippen molar-refractivity contribution in [1.29, 1.82) is 0 Å². The van der Waals surface area contributed by atoms with Crippen molar-refractivity contribution in [2.75, 3.05) is 13.2 Å². The third-order valence-corrected chi connectivity index (χ3v) is 4.78. The second kappa shape index (κ2) is 8.53. The minimum atomic E-state index is -0.0444. The average Bonchev–Trinajstić information content (AvgIpc) is 3.32. The predicted octanol–water partition coefficient (Wildman–Crippen LogP) is 4.62. The van der Waals surface area contributed by atoms with Crippen LogP contribution >= 0.6 is 11.3 Å². The smallest absolute Gasteiger partial charge is 0.258 e. The van der Waals surface area contributed by atoms with Gasteiger partial charge in [-0.25, -0.2) is 0 Å². The zero-order chi connectivity index (χ0) is 17.5. The molecule has 2 heterocycles. The van der Waals surface area contributed by atoms with Crippen LogP contribution in [-0.4, -0.2) is 24.0 Å². The van der Waals surface area contributed by atoms with Crippen molar-refractivity contribution in [2.24, 2.45) is 0 Å². The number of carbonyl (C=O) groups is 1. The van der Waals surface area contributed by atoms with Gasteiger partial charge in [0.2, 0.25) is 0 Å². The maximum atomic E-state index is 13.1. The molecule has 0 spiro atoms. The number of ether oxygens (including phenoxy) is 1. The van der Waals surface area contributed by atoms with Gasteiger partial charge in [0.25, 0.3) is 5.91 Å². The van der Waals surface area contributed by atoms with Crippen molar-refractivity contribution in [3.8, 4) is 5.75 Å². The summed E-state index contributed by atoms with van der Waals surface area (Å²) in [4.78, 5) is 16.2. The van der Waals surface area contributed by atoms with Crippen molar-refractivity contribution >= 4 is 17.2 Å². The number of hydrogen-bond acceptors (Lipinski definition) is 4. The van der Waals surface area contributed by atoms with Crippen LogP contribution in [0.15, 0.2) is 64.6 Å². The van der Waals surface area contributed by atoms with Gasteiger partial charge >= 0.3 is 0 Å². The van der Waals surface area contributed by atoms with Crippen LogP contribution in [0.25, 0.3) is 0 Å². The van der Waals surface area contributed by atoms with Crippen LogP contribution < -0.4 is 4.74 Å². The van der Waals surface area contributed by atoms with Crippen molar-refractivity contribution < 1.29 is 13.9 Å². The second-order valence-corrected chi connectivity index (χ2v) is 6.60. The number of amides is 1. The summed E-state index contributed by atoms with van der Waals surface area (Å²) in [5.41, 5.74) is 0.585. The molecule has 0 atom stereocenters. The summed E-state index contributed by atoms with van der Waals surface area (Å²) in [5, 5.41) is 2.05. The van der Waals surface area contributed by atoms with Crippen molar-refractivity contribution in [2.45, 2.75) is 19.9 Å². The molecular formula is C20H21NO3S. The summed E-state index contributed by atoms with van der Waals surface area (Å²) in [7, 11) is 0. The number of thiophene rings is 1. The molecule has 0 saturated carbocycles. The molecule has 0 bridgehead atoms. The van der Waals surface area contributed by atoms with Gasteiger partial charge in [-0.05, 0) is 49.1 Å². The van der Waals surface area contributed by atoms with Crippen LogP contribution in [0.4, 0.5) is 0 Å². The van der Waals surface area contributed by atoms with Crippen LogP contribution in [0.2, 0.25) is 0 Å². The highest BCUT2D eigenvalue weighted by Gasteiger charge is 2.20. The van der Waals surface area contributed by atoms with E-state index >= 15 is 0 Å². The Morgan fingerprint density at radius 1 is 1.16 bits per heavy atom. The second-order valence-electron chi connectivity index (χ2n) is 5.56. The lowest BCUT2D eigenvalue weighted by atomic mass is 10.1. The third kappa shape index (κ3) is 4.51. The molecular weight excluding hydrogens is 334 g/mol. The van der Waals surface area contributed by atoms with Crippen molar-refractivity contribution in [1.82, 2.24) is 4.90 Å². The van der Waals surface area contributed by atoms with E-state index in [1.54, 1.807) is 17.6 Å². The first-order valence-electron chi connectivity index (χ1n) is 8.33. The van der Waals surface area contributed by atoms with Crippen molar-refractivity contribution in [3.05, 3.63) is 76.4 Å². The molecule has 1 amide bonds. The van der Waals surface area contributed by atoms with Crippen LogP contribution in [0.1, 0.15) is 27.9 Å². The quantitative estimate of drug-likeness (QED) is 0.592. The molecule has 0 aliphatic rings. The maximum absolute atomic E-state index is 13.1. The Kier molecular flexibility index (Phi) is 5.90. The molecule has 0 saturated heterocycles. The summed E-state index contributed by atoms with van der Waals surface area (Å²) in [5.74, 6) is 1.35. The highest BCUT2D eigenvalue weighted by molar-refractivity contribution is 7.09. The molecule has 3 aromatic rings. The number of rotatable bonds is 8. The molecule has 0 N–H and O–H groups in total. The number of nitrogens with zero attached hydrogens (tertiary/aromatic N) is 1. The molecule has 4 nitrogen and oxygen atoms in total. The number of carbonyl (C=O) groups excluding carboxylic acids is 1. The lowest BCUT2D eigenvalue weighted by molar-refractivity contribution is 0.0729. The number of benzene rings is 1. The lowest BCUT2D eigenvalue weighted by Crippen LogP contribution is -2.32. The van der Waals surface area contributed by atoms with E-state index < -0.39 is 0 Å². The number of para-hydroxylation sites is 1. The first-order valence-corrected chi connectivity index (χ1v) is 9.21. The summed E-state index contributed by atoms with van der Waals surface area (Å²) < 4.78 is 11.1. The molecule has 0 unspecified atom stereocenters. The maximum Gasteiger partial charge on any atom is 0.258 e. The van der Waals surface area contributed by atoms with E-state index in [4.69, 9.17) is 9.15 Å². The zero-order valence-electron chi connectivity index (χ0n) is 14.2. The summed E-state index contributed by atoms with van der Waals surface area (Å²) in [6.45, 7) is 3.51. The minimum Gasteiger partial charge on any atom is -0.493 e. The van der Waals surface area contributed by atoms with Crippen molar-refractivity contribution in [3.63, 3.8) is 0 Å². The largest absolute Gasteiger partial charge is 0.493 e. The first-order chi connectivity index (χ1) is 12.3. The predicted molar refractivity (Wildman–Crippen MR) is 99.1 cm³/mol. The van der Waals surface area contributed by atoms with E-state index in [1.165, 1.54) is 4.88 Å². The SMILES string of the molecule is CCOc1ccccc1C(=O)N(CCc1cccs1)Cc1ccco1. The molecule has 130 valence electrons. The van der Waals surface area contributed by atoms with E-state index in [-0.39, 0.29) is 5.91 Å². The fourth-order valence-corrected chi connectivity index (χ4v) is 3.34. The van der Waals surface area contributed by atoms with Gasteiger partial charge < -0.3 is 14.1 Å². The van der Waals surface area contributed by atoms with Crippen LogP contribution in [0.3, 0.4) is 0 Å². The van der Waals surface area contributed by atoms with Gasteiger partial charge in [0, 0.05) is 11.4 Å². The summed E-state index contributed by atoms with van der Waals surface area (Å²) in [6, 6.07) is 15.2. The van der Waals surface area contributed by atoms with E-state index in [0.29, 0.717) is 31.0 Å². The Labute approximate surface area is 151 Å². The zero-order valence-corrected chi connectivity index (χ0v) is 15.0. The molecule has 25 heavy (non-hydrogen) atoms. The molecule has 0 radical (unpaired) electrons. The van der Waals surface area contributed by atoms with Gasteiger partial charge in [0.15, 0.2) is 0 Å². The lowest BCUT2D eigenvalue weighted by Gasteiger charge is -2.22. The molecule has 2 aromatic heterocycles. The van der Waals surface area contributed by atoms with Gasteiger partial charge in [-0.1, -0.05) is 18.2 Å². The number of furan rings is 1. The molecule has 1 aromatic carbocycles. The fourth-order valence-electron chi connectivity index (χ4n) is 2.64. The Morgan fingerprint density at radius 2 is 2.04 bits per heavy atom. The third-order valence-electron chi connectivity index (χ3n) is 3.84. The fraction of sp³-hybridized carbons (Fsp3) is 0.250. The first kappa shape index (κ1) is 17.3. The van der Waals surface area contributed by atoms with Gasteiger partial charge in [-0.15, -0.1) is 11.3 Å². The Balaban J connectivity index is 1.80. The molecule has 0 aliphatic heterocycles. The molecule has 0 fully saturated rings. The molecule has 0 aliphatic carbocycles. The minimum absolute atomic E-state index is 0.0444. The van der Waals surface area contributed by atoms with Crippen LogP contribution in [0, 0.1) is 0 Å². The Bertz CT molecular complexity index is 781. The standard InChI is InChI=1S/C20H21NO3S/c1-2-23-19-10-4-3-9-18(19)20(22)21(15-16-7-5-13-24-16)12-11-17-8-6-14-25-17/h3-10,13-14H,2,11-12,15H2,1H3. The van der Waals surface area contributed by atoms with E-state index in [0.717, 1.165) is 12.2 Å². The number of hydrogen-bond donors (Lipinski definition) is 0. The monoisotopic (exact) mass is 355 g/mol. The van der Waals surface area contributed by atoms with Gasteiger partial charge in [0.05, 0.1) is 25.0 Å². The topological polar surface area (TPSA) is 42.7 Å². The highest BCUT2D eigenvalue weighted by atomic mass is 32.1. The van der Waals surface area contributed by atoms with Crippen LogP contribution in [-0.2, 0) is 13.0 Å². The summed E-state index contributed by atoms with van der Waals surface area (Å²) in [6.07, 6.45) is 2.45. The van der Waals surface area contributed by atoms with Gasteiger partial charge in [0.1, 0.15) is 11.5 Å². The highest BCUT2D eigenvalue weighted by Crippen LogP contribution is 2.22. The van der Waals surface area contributed by atoms with E-state index in [2.05, 4.69) is 11.4 Å². The van der Waals surface area contributed by atoms with Crippen LogP contribution in [0.5, 0.6) is 5.75 Å². The normalized spacial score (nSPS) is 10.6. The molecule has 5 heteroatoms.